The molecule has 1 amide bonds. The van der Waals surface area contributed by atoms with E-state index < -0.39 is 29.6 Å². The van der Waals surface area contributed by atoms with Crippen molar-refractivity contribution in [3.8, 4) is 0 Å². The molecule has 11 heteroatoms. The molecule has 0 fully saturated rings. The van der Waals surface area contributed by atoms with Gasteiger partial charge in [-0.05, 0) is 12.1 Å². The molecule has 0 radical (unpaired) electrons. The third-order valence-corrected chi connectivity index (χ3v) is 3.32. The maximum atomic E-state index is 12.7. The van der Waals surface area contributed by atoms with Crippen molar-refractivity contribution in [1.82, 2.24) is 19.7 Å². The van der Waals surface area contributed by atoms with E-state index in [0.29, 0.717) is 0 Å². The lowest BCUT2D eigenvalue weighted by molar-refractivity contribution is -0.147. The molecule has 122 valence electrons. The number of hydrogen-bond donors (Lipinski definition) is 1. The average molecular weight is 330 g/mol. The van der Waals surface area contributed by atoms with E-state index in [2.05, 4.69) is 10.2 Å². The first-order chi connectivity index (χ1) is 10.8. The number of amides is 1. The number of carbonyl (C=O) groups excluding carboxylic acids is 1. The molecule has 1 N–H and O–H groups in total. The summed E-state index contributed by atoms with van der Waals surface area (Å²) < 4.78 is 44.0. The molecule has 2 aromatic rings. The van der Waals surface area contributed by atoms with E-state index in [1.165, 1.54) is 11.0 Å². The van der Waals surface area contributed by atoms with Gasteiger partial charge in [-0.2, -0.15) is 13.2 Å². The second-order valence-electron chi connectivity index (χ2n) is 4.78. The van der Waals surface area contributed by atoms with Crippen LogP contribution in [-0.4, -0.2) is 43.2 Å². The number of aromatic carboxylic acids is 1. The first-order valence-electron chi connectivity index (χ1n) is 6.39. The molecule has 0 aliphatic carbocycles. The van der Waals surface area contributed by atoms with Crippen molar-refractivity contribution < 1.29 is 32.3 Å². The van der Waals surface area contributed by atoms with Gasteiger partial charge in [-0.3, -0.25) is 4.79 Å². The molecule has 1 aliphatic rings. The highest BCUT2D eigenvalue weighted by Gasteiger charge is 2.40. The van der Waals surface area contributed by atoms with Crippen molar-refractivity contribution in [3.05, 3.63) is 35.3 Å². The molecule has 0 saturated carbocycles. The molecule has 3 rings (SSSR count). The Kier molecular flexibility index (Phi) is 3.34. The highest BCUT2D eigenvalue weighted by Crippen LogP contribution is 2.29. The number of halogens is 3. The van der Waals surface area contributed by atoms with Gasteiger partial charge < -0.3 is 19.0 Å². The van der Waals surface area contributed by atoms with Crippen molar-refractivity contribution in [2.45, 2.75) is 19.3 Å². The van der Waals surface area contributed by atoms with Crippen LogP contribution in [0.25, 0.3) is 0 Å². The van der Waals surface area contributed by atoms with Gasteiger partial charge in [0.15, 0.2) is 11.6 Å². The van der Waals surface area contributed by atoms with E-state index in [1.54, 1.807) is 0 Å². The number of carbonyl (C=O) groups is 2. The van der Waals surface area contributed by atoms with Crippen LogP contribution in [0.4, 0.5) is 13.2 Å². The standard InChI is InChI=1S/C12H9F3N4O4/c13-12(14,15)11-17-16-8-5-18(3-4-19(8)11)9(20)6-1-2-7(23-6)10(21)22/h1-2H,3-5H2,(H,21,22). The Morgan fingerprint density at radius 2 is 1.87 bits per heavy atom. The van der Waals surface area contributed by atoms with Crippen LogP contribution in [0, 0.1) is 0 Å². The monoisotopic (exact) mass is 330 g/mol. The summed E-state index contributed by atoms with van der Waals surface area (Å²) in [6.45, 7) is -0.295. The average Bonchev–Trinajstić information content (AvgIpc) is 3.12. The van der Waals surface area contributed by atoms with E-state index in [9.17, 15) is 22.8 Å². The molecule has 0 bridgehead atoms. The summed E-state index contributed by atoms with van der Waals surface area (Å²) in [4.78, 5) is 24.2. The summed E-state index contributed by atoms with van der Waals surface area (Å²) in [5.41, 5.74) is 0. The van der Waals surface area contributed by atoms with Crippen LogP contribution in [0.1, 0.15) is 32.8 Å². The van der Waals surface area contributed by atoms with E-state index >= 15 is 0 Å². The quantitative estimate of drug-likeness (QED) is 0.889. The van der Waals surface area contributed by atoms with Gasteiger partial charge in [-0.1, -0.05) is 0 Å². The van der Waals surface area contributed by atoms with Gasteiger partial charge in [0.1, 0.15) is 0 Å². The summed E-state index contributed by atoms with van der Waals surface area (Å²) in [7, 11) is 0. The Morgan fingerprint density at radius 3 is 2.48 bits per heavy atom. The lowest BCUT2D eigenvalue weighted by Crippen LogP contribution is -2.39. The van der Waals surface area contributed by atoms with Gasteiger partial charge in [-0.25, -0.2) is 4.79 Å². The largest absolute Gasteiger partial charge is 0.475 e. The predicted molar refractivity (Wildman–Crippen MR) is 65.4 cm³/mol. The second kappa shape index (κ2) is 5.11. The number of fused-ring (bicyclic) bond motifs is 1. The maximum absolute atomic E-state index is 12.7. The van der Waals surface area contributed by atoms with Crippen LogP contribution in [0.2, 0.25) is 0 Å². The van der Waals surface area contributed by atoms with E-state index in [-0.39, 0.29) is 31.2 Å². The third kappa shape index (κ3) is 2.64. The minimum absolute atomic E-state index is 0.00180. The van der Waals surface area contributed by atoms with Crippen molar-refractivity contribution in [1.29, 1.82) is 0 Å². The summed E-state index contributed by atoms with van der Waals surface area (Å²) in [5, 5.41) is 15.3. The topological polar surface area (TPSA) is 101 Å². The Balaban J connectivity index is 1.80. The van der Waals surface area contributed by atoms with Crippen LogP contribution < -0.4 is 0 Å². The van der Waals surface area contributed by atoms with Gasteiger partial charge >= 0.3 is 12.1 Å². The Labute approximate surface area is 126 Å². The lowest BCUT2D eigenvalue weighted by Gasteiger charge is -2.27. The molecule has 23 heavy (non-hydrogen) atoms. The number of carboxylic acid groups (broad SMARTS) is 1. The first kappa shape index (κ1) is 15.1. The van der Waals surface area contributed by atoms with Gasteiger partial charge in [0, 0.05) is 13.1 Å². The molecule has 0 saturated heterocycles. The molecule has 2 aromatic heterocycles. The molecular formula is C12H9F3N4O4. The highest BCUT2D eigenvalue weighted by molar-refractivity contribution is 5.93. The summed E-state index contributed by atoms with van der Waals surface area (Å²) in [6, 6.07) is 2.33. The normalized spacial score (nSPS) is 14.7. The zero-order valence-corrected chi connectivity index (χ0v) is 11.4. The smallest absolute Gasteiger partial charge is 0.451 e. The van der Waals surface area contributed by atoms with Crippen molar-refractivity contribution in [2.24, 2.45) is 0 Å². The fourth-order valence-corrected chi connectivity index (χ4v) is 2.26. The molecule has 1 aliphatic heterocycles. The summed E-state index contributed by atoms with van der Waals surface area (Å²) in [6.07, 6.45) is -4.62. The number of hydrogen-bond acceptors (Lipinski definition) is 5. The van der Waals surface area contributed by atoms with Crippen molar-refractivity contribution in [2.75, 3.05) is 6.54 Å². The number of aromatic nitrogens is 3. The Morgan fingerprint density at radius 1 is 1.17 bits per heavy atom. The molecule has 0 atom stereocenters. The van der Waals surface area contributed by atoms with Crippen molar-refractivity contribution in [3.63, 3.8) is 0 Å². The molecule has 0 unspecified atom stereocenters. The van der Waals surface area contributed by atoms with E-state index in [0.717, 1.165) is 10.6 Å². The lowest BCUT2D eigenvalue weighted by atomic mass is 10.3. The highest BCUT2D eigenvalue weighted by atomic mass is 19.4. The molecule has 8 nitrogen and oxygen atoms in total. The van der Waals surface area contributed by atoms with E-state index in [4.69, 9.17) is 9.52 Å². The van der Waals surface area contributed by atoms with Crippen LogP contribution in [0.15, 0.2) is 16.5 Å². The SMILES string of the molecule is O=C(O)c1ccc(C(=O)N2CCn3c(nnc3C(F)(F)F)C2)o1. The zero-order chi connectivity index (χ0) is 16.8. The minimum Gasteiger partial charge on any atom is -0.475 e. The fraction of sp³-hybridized carbons (Fsp3) is 0.333. The zero-order valence-electron chi connectivity index (χ0n) is 11.4. The van der Waals surface area contributed by atoms with Crippen LogP contribution in [0.3, 0.4) is 0 Å². The number of carboxylic acids is 1. The fourth-order valence-electron chi connectivity index (χ4n) is 2.26. The number of furan rings is 1. The molecular weight excluding hydrogens is 321 g/mol. The molecule has 0 spiro atoms. The number of rotatable bonds is 2. The van der Waals surface area contributed by atoms with E-state index in [1.807, 2.05) is 0 Å². The predicted octanol–water partition coefficient (Wildman–Crippen LogP) is 1.24. The van der Waals surface area contributed by atoms with Gasteiger partial charge in [0.05, 0.1) is 6.54 Å². The molecule has 0 aromatic carbocycles. The number of alkyl halides is 3. The molecule has 3 heterocycles. The third-order valence-electron chi connectivity index (χ3n) is 3.32. The van der Waals surface area contributed by atoms with Gasteiger partial charge in [0.25, 0.3) is 5.91 Å². The van der Waals surface area contributed by atoms with Crippen LogP contribution >= 0.6 is 0 Å². The van der Waals surface area contributed by atoms with Crippen LogP contribution in [-0.2, 0) is 19.3 Å². The minimum atomic E-state index is -4.62. The first-order valence-corrected chi connectivity index (χ1v) is 6.39. The Bertz CT molecular complexity index is 780. The summed E-state index contributed by atoms with van der Waals surface area (Å²) >= 11 is 0. The number of nitrogens with zero attached hydrogens (tertiary/aromatic N) is 4. The summed E-state index contributed by atoms with van der Waals surface area (Å²) in [5.74, 6) is -3.65. The van der Waals surface area contributed by atoms with Crippen molar-refractivity contribution >= 4 is 11.9 Å². The Hall–Kier alpha value is -2.85. The van der Waals surface area contributed by atoms with Gasteiger partial charge in [-0.15, -0.1) is 10.2 Å². The van der Waals surface area contributed by atoms with Gasteiger partial charge in [0.2, 0.25) is 11.6 Å². The maximum Gasteiger partial charge on any atom is 0.451 e. The second-order valence-corrected chi connectivity index (χ2v) is 4.78. The van der Waals surface area contributed by atoms with Crippen LogP contribution in [0.5, 0.6) is 0 Å².